The van der Waals surface area contributed by atoms with Gasteiger partial charge in [0.1, 0.15) is 0 Å². The third-order valence-electron chi connectivity index (χ3n) is 2.05. The Balaban J connectivity index is 2.68. The largest absolute Gasteiger partial charge is 0.383 e. The molecule has 0 spiro atoms. The number of carbonyl (C=O) groups excluding carboxylic acids is 1. The van der Waals surface area contributed by atoms with E-state index in [0.717, 1.165) is 0 Å². The predicted molar refractivity (Wildman–Crippen MR) is 58.8 cm³/mol. The number of nitrogens with two attached hydrogens (primary N) is 1. The number of anilines is 1. The summed E-state index contributed by atoms with van der Waals surface area (Å²) in [5.74, 6) is -0.265. The average molecular weight is 238 g/mol. The van der Waals surface area contributed by atoms with Crippen molar-refractivity contribution in [1.29, 1.82) is 5.26 Å². The van der Waals surface area contributed by atoms with Gasteiger partial charge in [-0.2, -0.15) is 10.2 Å². The minimum atomic E-state index is -0.346. The fourth-order valence-electron chi connectivity index (χ4n) is 1.22. The van der Waals surface area contributed by atoms with Crippen LogP contribution in [0.15, 0.2) is 0 Å². The number of nitrogen functional groups attached to an aromatic ring is 1. The summed E-state index contributed by atoms with van der Waals surface area (Å²) in [5.41, 5.74) is 5.32. The summed E-state index contributed by atoms with van der Waals surface area (Å²) in [6.45, 7) is 1.09. The minimum Gasteiger partial charge on any atom is -0.383 e. The van der Waals surface area contributed by atoms with E-state index in [1.54, 1.807) is 7.11 Å². The summed E-state index contributed by atoms with van der Waals surface area (Å²) >= 11 is 0. The zero-order chi connectivity index (χ0) is 12.7. The molecular formula is C9H14N6O2. The molecular weight excluding hydrogens is 224 g/mol. The molecule has 3 N–H and O–H groups in total. The van der Waals surface area contributed by atoms with Crippen LogP contribution in [0, 0.1) is 11.3 Å². The minimum absolute atomic E-state index is 0.0142. The summed E-state index contributed by atoms with van der Waals surface area (Å²) in [6, 6.07) is 1.98. The van der Waals surface area contributed by atoms with Gasteiger partial charge in [-0.1, -0.05) is 0 Å². The molecule has 8 heteroatoms. The molecule has 0 aliphatic carbocycles. The van der Waals surface area contributed by atoms with E-state index in [2.05, 4.69) is 15.2 Å². The average Bonchev–Trinajstić information content (AvgIpc) is 2.75. The molecule has 1 aromatic rings. The molecule has 1 aromatic heterocycles. The number of rotatable bonds is 6. The zero-order valence-electron chi connectivity index (χ0n) is 9.51. The fourth-order valence-corrected chi connectivity index (χ4v) is 1.22. The summed E-state index contributed by atoms with van der Waals surface area (Å²) in [6.07, 6.45) is 0.249. The Morgan fingerprint density at radius 2 is 2.41 bits per heavy atom. The first-order valence-electron chi connectivity index (χ1n) is 5.02. The van der Waals surface area contributed by atoms with Crippen LogP contribution in [-0.2, 0) is 4.74 Å². The third kappa shape index (κ3) is 3.73. The van der Waals surface area contributed by atoms with Crippen LogP contribution in [0.2, 0.25) is 0 Å². The van der Waals surface area contributed by atoms with Gasteiger partial charge in [0.2, 0.25) is 11.8 Å². The maximum atomic E-state index is 11.9. The van der Waals surface area contributed by atoms with Gasteiger partial charge in [0, 0.05) is 20.2 Å². The standard InChI is InChI=1S/C9H14N6O2/c1-17-6-5-15(4-2-3-10)8(16)7-12-9(11)14-13-7/h2,4-6H2,1H3,(H3,11,12,13,14). The van der Waals surface area contributed by atoms with Crippen molar-refractivity contribution in [2.24, 2.45) is 0 Å². The van der Waals surface area contributed by atoms with Crippen LogP contribution in [0.3, 0.4) is 0 Å². The number of carbonyl (C=O) groups is 1. The second-order valence-electron chi connectivity index (χ2n) is 3.24. The van der Waals surface area contributed by atoms with Crippen LogP contribution in [0.25, 0.3) is 0 Å². The molecule has 17 heavy (non-hydrogen) atoms. The number of methoxy groups -OCH3 is 1. The molecule has 0 aliphatic heterocycles. The molecule has 0 radical (unpaired) electrons. The van der Waals surface area contributed by atoms with Gasteiger partial charge in [-0.05, 0) is 0 Å². The van der Waals surface area contributed by atoms with Gasteiger partial charge in [-0.25, -0.2) is 0 Å². The summed E-state index contributed by atoms with van der Waals surface area (Å²) in [7, 11) is 1.54. The van der Waals surface area contributed by atoms with Crippen molar-refractivity contribution >= 4 is 11.9 Å². The van der Waals surface area contributed by atoms with E-state index in [0.29, 0.717) is 19.7 Å². The Morgan fingerprint density at radius 3 is 2.94 bits per heavy atom. The van der Waals surface area contributed by atoms with Crippen LogP contribution < -0.4 is 5.73 Å². The number of hydrogen-bond acceptors (Lipinski definition) is 6. The van der Waals surface area contributed by atoms with Crippen LogP contribution in [0.1, 0.15) is 17.0 Å². The first-order valence-corrected chi connectivity index (χ1v) is 5.02. The summed E-state index contributed by atoms with van der Waals surface area (Å²) < 4.78 is 4.90. The van der Waals surface area contributed by atoms with E-state index >= 15 is 0 Å². The van der Waals surface area contributed by atoms with Crippen molar-refractivity contribution in [3.63, 3.8) is 0 Å². The van der Waals surface area contributed by atoms with E-state index in [9.17, 15) is 4.79 Å². The lowest BCUT2D eigenvalue weighted by Gasteiger charge is -2.19. The molecule has 1 rings (SSSR count). The summed E-state index contributed by atoms with van der Waals surface area (Å²) in [4.78, 5) is 17.2. The SMILES string of the molecule is COCCN(CCC#N)C(=O)c1nc(N)n[nH]1. The van der Waals surface area contributed by atoms with Crippen molar-refractivity contribution in [2.45, 2.75) is 6.42 Å². The number of nitrogens with zero attached hydrogens (tertiary/aromatic N) is 4. The van der Waals surface area contributed by atoms with Crippen molar-refractivity contribution in [3.05, 3.63) is 5.82 Å². The van der Waals surface area contributed by atoms with Gasteiger partial charge in [0.15, 0.2) is 0 Å². The van der Waals surface area contributed by atoms with Crippen molar-refractivity contribution in [2.75, 3.05) is 32.5 Å². The van der Waals surface area contributed by atoms with Gasteiger partial charge in [0.05, 0.1) is 19.1 Å². The number of ether oxygens (including phenoxy) is 1. The maximum absolute atomic E-state index is 11.9. The molecule has 0 fully saturated rings. The number of nitriles is 1. The third-order valence-corrected chi connectivity index (χ3v) is 2.05. The highest BCUT2D eigenvalue weighted by Crippen LogP contribution is 2.01. The number of aromatic nitrogens is 3. The predicted octanol–water partition coefficient (Wildman–Crippen LogP) is -0.611. The molecule has 0 aromatic carbocycles. The van der Waals surface area contributed by atoms with Gasteiger partial charge in [0.25, 0.3) is 5.91 Å². The Morgan fingerprint density at radius 1 is 1.65 bits per heavy atom. The molecule has 8 nitrogen and oxygen atoms in total. The Bertz CT molecular complexity index is 410. The molecule has 92 valence electrons. The van der Waals surface area contributed by atoms with E-state index in [-0.39, 0.29) is 24.1 Å². The Kier molecular flexibility index (Phi) is 4.90. The van der Waals surface area contributed by atoms with Crippen molar-refractivity contribution in [3.8, 4) is 6.07 Å². The number of amides is 1. The molecule has 1 heterocycles. The lowest BCUT2D eigenvalue weighted by Crippen LogP contribution is -2.35. The molecule has 0 unspecified atom stereocenters. The van der Waals surface area contributed by atoms with E-state index in [4.69, 9.17) is 15.7 Å². The van der Waals surface area contributed by atoms with E-state index in [1.165, 1.54) is 4.90 Å². The van der Waals surface area contributed by atoms with E-state index < -0.39 is 0 Å². The molecule has 1 amide bonds. The van der Waals surface area contributed by atoms with Crippen LogP contribution in [-0.4, -0.2) is 52.8 Å². The number of hydrogen-bond donors (Lipinski definition) is 2. The highest BCUT2D eigenvalue weighted by Gasteiger charge is 2.18. The van der Waals surface area contributed by atoms with Crippen LogP contribution >= 0.6 is 0 Å². The first-order chi connectivity index (χ1) is 8.19. The monoisotopic (exact) mass is 238 g/mol. The van der Waals surface area contributed by atoms with Crippen molar-refractivity contribution < 1.29 is 9.53 Å². The zero-order valence-corrected chi connectivity index (χ0v) is 9.51. The molecule has 0 saturated heterocycles. The quantitative estimate of drug-likeness (QED) is 0.681. The lowest BCUT2D eigenvalue weighted by molar-refractivity contribution is 0.0688. The second kappa shape index (κ2) is 6.44. The number of H-pyrrole nitrogens is 1. The van der Waals surface area contributed by atoms with Gasteiger partial charge < -0.3 is 15.4 Å². The molecule has 0 atom stereocenters. The van der Waals surface area contributed by atoms with Crippen molar-refractivity contribution in [1.82, 2.24) is 20.1 Å². The molecule has 0 bridgehead atoms. The lowest BCUT2D eigenvalue weighted by atomic mass is 10.3. The first kappa shape index (κ1) is 12.9. The van der Waals surface area contributed by atoms with Crippen LogP contribution in [0.4, 0.5) is 5.95 Å². The Labute approximate surface area is 98.4 Å². The molecule has 0 saturated carbocycles. The molecule has 0 aliphatic rings. The Hall–Kier alpha value is -2.14. The smallest absolute Gasteiger partial charge is 0.291 e. The fraction of sp³-hybridized carbons (Fsp3) is 0.556. The van der Waals surface area contributed by atoms with Crippen LogP contribution in [0.5, 0.6) is 0 Å². The second-order valence-corrected chi connectivity index (χ2v) is 3.24. The van der Waals surface area contributed by atoms with Gasteiger partial charge in [-0.3, -0.25) is 9.89 Å². The summed E-state index contributed by atoms with van der Waals surface area (Å²) in [5, 5.41) is 14.5. The normalized spacial score (nSPS) is 9.88. The number of nitrogens with one attached hydrogen (secondary N) is 1. The maximum Gasteiger partial charge on any atom is 0.291 e. The van der Waals surface area contributed by atoms with Gasteiger partial charge in [-0.15, -0.1) is 5.10 Å². The van der Waals surface area contributed by atoms with Gasteiger partial charge >= 0.3 is 0 Å². The topological polar surface area (TPSA) is 121 Å². The number of aromatic amines is 1. The highest BCUT2D eigenvalue weighted by molar-refractivity contribution is 5.90. The van der Waals surface area contributed by atoms with E-state index in [1.807, 2.05) is 6.07 Å². The highest BCUT2D eigenvalue weighted by atomic mass is 16.5.